The molecule has 2 fully saturated rings. The summed E-state index contributed by atoms with van der Waals surface area (Å²) >= 11 is 2.69. The number of aliphatic hydroxyl groups excluding tert-OH is 3. The summed E-state index contributed by atoms with van der Waals surface area (Å²) in [5, 5.41) is 38.4. The van der Waals surface area contributed by atoms with Crippen molar-refractivity contribution in [1.82, 2.24) is 0 Å². The highest BCUT2D eigenvalue weighted by atomic mass is 33.1. The molecule has 13 nitrogen and oxygen atoms in total. The van der Waals surface area contributed by atoms with Gasteiger partial charge in [0.2, 0.25) is 0 Å². The monoisotopic (exact) mass is 902 g/mol. The van der Waals surface area contributed by atoms with Crippen LogP contribution in [0.25, 0.3) is 20.2 Å². The van der Waals surface area contributed by atoms with E-state index in [0.29, 0.717) is 55.8 Å². The van der Waals surface area contributed by atoms with Crippen LogP contribution >= 0.6 is 65.8 Å². The van der Waals surface area contributed by atoms with Crippen LogP contribution in [-0.2, 0) is 14.3 Å². The molecule has 2 aromatic heterocycles. The Bertz CT molecular complexity index is 1910. The number of aliphatic hydroxyl groups is 3. The van der Waals surface area contributed by atoms with Crippen molar-refractivity contribution in [2.24, 2.45) is 11.8 Å². The molecule has 2 saturated heterocycles. The Labute approximate surface area is 354 Å². The first-order valence-corrected chi connectivity index (χ1v) is 24.1. The molecule has 0 radical (unpaired) electrons. The van der Waals surface area contributed by atoms with Crippen molar-refractivity contribution in [3.8, 4) is 23.0 Å². The predicted octanol–water partition coefficient (Wildman–Crippen LogP) is 7.11. The van der Waals surface area contributed by atoms with Gasteiger partial charge in [-0.05, 0) is 35.0 Å². The molecule has 312 valence electrons. The van der Waals surface area contributed by atoms with Gasteiger partial charge < -0.3 is 44.1 Å². The Kier molecular flexibility index (Phi) is 18.5. The van der Waals surface area contributed by atoms with E-state index >= 15 is 0 Å². The summed E-state index contributed by atoms with van der Waals surface area (Å²) < 4.78 is 28.3. The van der Waals surface area contributed by atoms with E-state index in [2.05, 4.69) is 0 Å². The van der Waals surface area contributed by atoms with Gasteiger partial charge in [-0.2, -0.15) is 0 Å². The maximum absolute atomic E-state index is 12.7. The number of carbonyl (C=O) groups excluding carboxylic acids is 3. The first-order valence-electron chi connectivity index (χ1n) is 17.5. The Morgan fingerprint density at radius 2 is 0.982 bits per heavy atom. The second-order valence-corrected chi connectivity index (χ2v) is 20.2. The number of benzene rings is 2. The van der Waals surface area contributed by atoms with Gasteiger partial charge in [0, 0.05) is 57.4 Å². The SMILES string of the molecule is COc1cc2cc(C(=O)C[C@H](C)C(=O)O)sc2cc1OC.COc1cc2cc(C(=O)C[C@H](C)C(=O)O[C@H]3CSSC[C@@H]3O)sc2cc1OC.O[C@H]1CSSC[C@@H]1O. The van der Waals surface area contributed by atoms with Crippen molar-refractivity contribution in [2.75, 3.05) is 51.5 Å². The lowest BCUT2D eigenvalue weighted by Gasteiger charge is -2.27. The van der Waals surface area contributed by atoms with Gasteiger partial charge in [-0.25, -0.2) is 0 Å². The number of ketones is 2. The number of carboxylic acids is 1. The van der Waals surface area contributed by atoms with Gasteiger partial charge >= 0.3 is 11.9 Å². The topological polar surface area (TPSA) is 195 Å². The van der Waals surface area contributed by atoms with E-state index in [1.165, 1.54) is 29.6 Å². The third kappa shape index (κ3) is 13.1. The van der Waals surface area contributed by atoms with Crippen LogP contribution in [0.15, 0.2) is 36.4 Å². The zero-order valence-electron chi connectivity index (χ0n) is 32.1. The number of ether oxygens (including phenoxy) is 5. The van der Waals surface area contributed by atoms with Crippen molar-refractivity contribution in [3.63, 3.8) is 0 Å². The highest BCUT2D eigenvalue weighted by molar-refractivity contribution is 8.77. The first kappa shape index (κ1) is 46.8. The maximum Gasteiger partial charge on any atom is 0.309 e. The van der Waals surface area contributed by atoms with Gasteiger partial charge in [-0.3, -0.25) is 19.2 Å². The fourth-order valence-corrected chi connectivity index (χ4v) is 12.0. The van der Waals surface area contributed by atoms with E-state index in [9.17, 15) is 24.3 Å². The van der Waals surface area contributed by atoms with E-state index in [-0.39, 0.29) is 24.4 Å². The summed E-state index contributed by atoms with van der Waals surface area (Å²) in [5.41, 5.74) is 0. The molecule has 2 aliphatic rings. The molecule has 19 heteroatoms. The summed E-state index contributed by atoms with van der Waals surface area (Å²) in [7, 11) is 12.6. The van der Waals surface area contributed by atoms with Crippen molar-refractivity contribution in [1.29, 1.82) is 0 Å². The number of aliphatic carboxylic acids is 1. The number of carboxylic acid groups (broad SMARTS) is 1. The molecule has 57 heavy (non-hydrogen) atoms. The van der Waals surface area contributed by atoms with Crippen molar-refractivity contribution >= 4 is 110 Å². The van der Waals surface area contributed by atoms with Crippen LogP contribution in [0, 0.1) is 11.8 Å². The van der Waals surface area contributed by atoms with Gasteiger partial charge in [-0.15, -0.1) is 22.7 Å². The number of methoxy groups -OCH3 is 4. The number of Topliss-reactive ketones (excluding diaryl/α,β-unsaturated/α-hetero) is 2. The van der Waals surface area contributed by atoms with Gasteiger partial charge in [-0.1, -0.05) is 57.0 Å². The van der Waals surface area contributed by atoms with E-state index in [0.717, 1.165) is 20.2 Å². The fraction of sp³-hybridized carbons (Fsp3) is 0.474. The molecule has 4 aromatic rings. The van der Waals surface area contributed by atoms with Crippen LogP contribution in [0.1, 0.15) is 46.0 Å². The number of thiophene rings is 2. The van der Waals surface area contributed by atoms with Crippen LogP contribution < -0.4 is 18.9 Å². The zero-order valence-corrected chi connectivity index (χ0v) is 37.0. The lowest BCUT2D eigenvalue weighted by Crippen LogP contribution is -2.38. The summed E-state index contributed by atoms with van der Waals surface area (Å²) in [6.45, 7) is 3.20. The average molecular weight is 903 g/mol. The molecular weight excluding hydrogens is 857 g/mol. The van der Waals surface area contributed by atoms with Crippen LogP contribution in [0.2, 0.25) is 0 Å². The highest BCUT2D eigenvalue weighted by Gasteiger charge is 2.30. The molecule has 2 aliphatic heterocycles. The number of rotatable bonds is 13. The average Bonchev–Trinajstić information content (AvgIpc) is 3.83. The second-order valence-electron chi connectivity index (χ2n) is 12.9. The normalized spacial score (nSPS) is 20.2. The summed E-state index contributed by atoms with van der Waals surface area (Å²) in [6.07, 6.45) is -2.12. The minimum atomic E-state index is -0.965. The molecule has 4 N–H and O–H groups in total. The highest BCUT2D eigenvalue weighted by Crippen LogP contribution is 2.39. The number of fused-ring (bicyclic) bond motifs is 2. The summed E-state index contributed by atoms with van der Waals surface area (Å²) in [5.74, 6) is 1.86. The third-order valence-electron chi connectivity index (χ3n) is 8.66. The molecule has 0 aliphatic carbocycles. The quantitative estimate of drug-likeness (QED) is 0.0602. The van der Waals surface area contributed by atoms with E-state index in [1.54, 1.807) is 90.7 Å². The largest absolute Gasteiger partial charge is 0.493 e. The van der Waals surface area contributed by atoms with Crippen molar-refractivity contribution in [2.45, 2.75) is 51.1 Å². The molecule has 0 amide bonds. The minimum absolute atomic E-state index is 0.00355. The first-order chi connectivity index (χ1) is 27.2. The fourth-order valence-electron chi connectivity index (χ4n) is 5.22. The number of hydrogen-bond acceptors (Lipinski definition) is 18. The summed E-state index contributed by atoms with van der Waals surface area (Å²) in [4.78, 5) is 49.1. The molecule has 0 spiro atoms. The lowest BCUT2D eigenvalue weighted by molar-refractivity contribution is -0.156. The standard InChI is InChI=1S/C19H22O6S3.C15H16O5S.C4H8O2S2/c1-10(19(22)25-16-9-27-26-8-13(16)21)4-12(20)18-6-11-5-14(23-2)15(24-3)7-17(11)28-18;1-8(15(17)18)4-10(16)14-6-9-5-11(19-2)12(20-3)7-13(9)21-14;5-3-1-7-8-2-4(3)6/h5-7,10,13,16,21H,4,8-9H2,1-3H3;5-8H,4H2,1-3H3,(H,17,18);3-6H,1-2H2/t10-,13-,16-;8-;3-,4-/m000/s1. The van der Waals surface area contributed by atoms with Gasteiger partial charge in [0.15, 0.2) is 34.6 Å². The lowest BCUT2D eigenvalue weighted by atomic mass is 10.0. The molecule has 4 heterocycles. The van der Waals surface area contributed by atoms with E-state index in [1.807, 2.05) is 24.3 Å². The maximum atomic E-state index is 12.7. The smallest absolute Gasteiger partial charge is 0.309 e. The molecule has 6 atom stereocenters. The second kappa shape index (κ2) is 22.5. The number of hydrogen-bond donors (Lipinski definition) is 4. The van der Waals surface area contributed by atoms with Gasteiger partial charge in [0.25, 0.3) is 0 Å². The third-order valence-corrected chi connectivity index (χ3v) is 15.8. The van der Waals surface area contributed by atoms with Crippen LogP contribution in [0.4, 0.5) is 0 Å². The van der Waals surface area contributed by atoms with Gasteiger partial charge in [0.1, 0.15) is 12.2 Å². The van der Waals surface area contributed by atoms with E-state index in [4.69, 9.17) is 39.0 Å². The van der Waals surface area contributed by atoms with Gasteiger partial charge in [0.05, 0.1) is 62.2 Å². The molecule has 6 rings (SSSR count). The number of carbonyl (C=O) groups is 4. The zero-order chi connectivity index (χ0) is 41.8. The molecular formula is C38H46O13S6. The predicted molar refractivity (Wildman–Crippen MR) is 231 cm³/mol. The molecule has 0 unspecified atom stereocenters. The van der Waals surface area contributed by atoms with Crippen LogP contribution in [-0.4, -0.2) is 120 Å². The summed E-state index contributed by atoms with van der Waals surface area (Å²) in [6, 6.07) is 10.9. The minimum Gasteiger partial charge on any atom is -0.493 e. The van der Waals surface area contributed by atoms with E-state index < -0.39 is 48.2 Å². The number of esters is 1. The van der Waals surface area contributed by atoms with Crippen molar-refractivity contribution in [3.05, 3.63) is 46.2 Å². The Balaban J connectivity index is 0.000000217. The Hall–Kier alpha value is -2.88. The van der Waals surface area contributed by atoms with Crippen molar-refractivity contribution < 1.29 is 63.3 Å². The Morgan fingerprint density at radius 3 is 1.37 bits per heavy atom. The molecule has 2 aromatic carbocycles. The molecule has 0 bridgehead atoms. The van der Waals surface area contributed by atoms with Crippen LogP contribution in [0.3, 0.4) is 0 Å². The van der Waals surface area contributed by atoms with Crippen LogP contribution in [0.5, 0.6) is 23.0 Å². The Morgan fingerprint density at radius 1 is 0.596 bits per heavy atom. The molecule has 0 saturated carbocycles.